The van der Waals surface area contributed by atoms with E-state index in [0.29, 0.717) is 11.1 Å². The summed E-state index contributed by atoms with van der Waals surface area (Å²) in [5.41, 5.74) is 3.52. The van der Waals surface area contributed by atoms with Gasteiger partial charge < -0.3 is 21.1 Å². The summed E-state index contributed by atoms with van der Waals surface area (Å²) in [4.78, 5) is 68.6. The fourth-order valence-electron chi connectivity index (χ4n) is 7.23. The van der Waals surface area contributed by atoms with Crippen LogP contribution in [0.15, 0.2) is 6.07 Å². The van der Waals surface area contributed by atoms with Gasteiger partial charge in [-0.2, -0.15) is 0 Å². The first-order valence-corrected chi connectivity index (χ1v) is 13.2. The fourth-order valence-corrected chi connectivity index (χ4v) is 7.23. The minimum atomic E-state index is -3.01. The number of ketones is 4. The summed E-state index contributed by atoms with van der Waals surface area (Å²) in [6, 6.07) is 0.458. The Balaban J connectivity index is 2.03. The number of phenolic OH excluding ortho intramolecular Hbond substituents is 1. The van der Waals surface area contributed by atoms with Gasteiger partial charge in [0, 0.05) is 11.5 Å². The summed E-state index contributed by atoms with van der Waals surface area (Å²) in [5.74, 6) is -13.2. The number of carbonyl (C=O) groups is 5. The Morgan fingerprint density at radius 2 is 1.67 bits per heavy atom. The molecule has 0 radical (unpaired) electrons. The lowest BCUT2D eigenvalue weighted by molar-refractivity contribution is -0.196. The zero-order chi connectivity index (χ0) is 29.7. The normalized spacial score (nSPS) is 34.7. The first kappa shape index (κ1) is 29.0. The van der Waals surface area contributed by atoms with Crippen molar-refractivity contribution in [2.45, 2.75) is 76.5 Å². The van der Waals surface area contributed by atoms with Crippen LogP contribution in [0.3, 0.4) is 0 Å². The molecule has 2 saturated carbocycles. The molecule has 5 N–H and O–H groups in total. The molecule has 1 aromatic carbocycles. The van der Waals surface area contributed by atoms with Crippen molar-refractivity contribution >= 4 is 29.0 Å². The quantitative estimate of drug-likeness (QED) is 0.403. The number of phenols is 1. The number of hydrogen-bond acceptors (Lipinski definition) is 9. The highest BCUT2D eigenvalue weighted by Crippen LogP contribution is 2.56. The van der Waals surface area contributed by atoms with E-state index in [1.807, 2.05) is 40.7 Å². The number of aliphatic hydroxyl groups excluding tert-OH is 1. The van der Waals surface area contributed by atoms with Crippen molar-refractivity contribution in [2.75, 3.05) is 14.1 Å². The molecule has 0 aliphatic heterocycles. The molecule has 0 spiro atoms. The van der Waals surface area contributed by atoms with Crippen molar-refractivity contribution in [3.05, 3.63) is 28.3 Å². The minimum Gasteiger partial charge on any atom is -0.507 e. The van der Waals surface area contributed by atoms with E-state index in [0.717, 1.165) is 5.56 Å². The monoisotopic (exact) mass is 542 g/mol. The Morgan fingerprint density at radius 1 is 1.10 bits per heavy atom. The molecule has 39 heavy (non-hydrogen) atoms. The topological polar surface area (TPSA) is 175 Å². The molecular formula is C29H38N2O8. The SMILES string of the molecule is CC(C)c1cc(C(C)(C)C)c(O)c2c1[C@H](C)[C@@H]1C(C2=O)C(=O)[C@]2(O)C(=O)C(C(N)=O)C(=O)C(N(C)C)[C@@H]2[C@H]1O. The van der Waals surface area contributed by atoms with Crippen molar-refractivity contribution < 1.29 is 39.3 Å². The molecule has 0 bridgehead atoms. The van der Waals surface area contributed by atoms with E-state index in [-0.39, 0.29) is 17.2 Å². The lowest BCUT2D eigenvalue weighted by Crippen LogP contribution is -2.77. The van der Waals surface area contributed by atoms with Gasteiger partial charge in [-0.3, -0.25) is 28.9 Å². The van der Waals surface area contributed by atoms with Crippen LogP contribution in [-0.2, 0) is 24.6 Å². The van der Waals surface area contributed by atoms with Gasteiger partial charge in [0.2, 0.25) is 5.91 Å². The van der Waals surface area contributed by atoms with Crippen LogP contribution < -0.4 is 5.73 Å². The highest BCUT2D eigenvalue weighted by Gasteiger charge is 2.73. The van der Waals surface area contributed by atoms with Crippen molar-refractivity contribution in [3.63, 3.8) is 0 Å². The van der Waals surface area contributed by atoms with Crippen molar-refractivity contribution in [1.29, 1.82) is 0 Å². The van der Waals surface area contributed by atoms with E-state index >= 15 is 0 Å². The highest BCUT2D eigenvalue weighted by atomic mass is 16.3. The number of fused-ring (bicyclic) bond motifs is 3. The van der Waals surface area contributed by atoms with Gasteiger partial charge >= 0.3 is 0 Å². The summed E-state index contributed by atoms with van der Waals surface area (Å²) in [5, 5.41) is 34.9. The zero-order valence-corrected chi connectivity index (χ0v) is 23.6. The third-order valence-electron chi connectivity index (χ3n) is 9.05. The Labute approximate surface area is 227 Å². The van der Waals surface area contributed by atoms with Gasteiger partial charge in [-0.1, -0.05) is 47.6 Å². The van der Waals surface area contributed by atoms with Gasteiger partial charge in [0.25, 0.3) is 0 Å². The van der Waals surface area contributed by atoms with Crippen LogP contribution in [0.25, 0.3) is 0 Å². The zero-order valence-electron chi connectivity index (χ0n) is 23.6. The number of aliphatic hydroxyl groups is 2. The maximum Gasteiger partial charge on any atom is 0.235 e. The van der Waals surface area contributed by atoms with Crippen molar-refractivity contribution in [2.24, 2.45) is 29.4 Å². The van der Waals surface area contributed by atoms with Crippen LogP contribution >= 0.6 is 0 Å². The lowest BCUT2D eigenvalue weighted by Gasteiger charge is -2.56. The molecule has 10 nitrogen and oxygen atoms in total. The summed E-state index contributed by atoms with van der Waals surface area (Å²) < 4.78 is 0. The molecule has 8 atom stereocenters. The Kier molecular flexibility index (Phi) is 6.73. The van der Waals surface area contributed by atoms with E-state index in [4.69, 9.17) is 5.73 Å². The minimum absolute atomic E-state index is 0.0579. The molecule has 3 aliphatic rings. The highest BCUT2D eigenvalue weighted by molar-refractivity contribution is 6.32. The van der Waals surface area contributed by atoms with E-state index in [1.54, 1.807) is 6.92 Å². The van der Waals surface area contributed by atoms with Crippen LogP contribution in [0.4, 0.5) is 0 Å². The molecule has 1 amide bonds. The second-order valence-electron chi connectivity index (χ2n) is 12.9. The number of hydrogen-bond donors (Lipinski definition) is 4. The third-order valence-corrected chi connectivity index (χ3v) is 9.05. The van der Waals surface area contributed by atoms with Gasteiger partial charge in [0.05, 0.1) is 29.5 Å². The average Bonchev–Trinajstić information content (AvgIpc) is 2.79. The fraction of sp³-hybridized carbons (Fsp3) is 0.621. The van der Waals surface area contributed by atoms with Gasteiger partial charge in [0.1, 0.15) is 5.75 Å². The number of primary amides is 1. The molecule has 10 heteroatoms. The molecule has 3 aliphatic carbocycles. The van der Waals surface area contributed by atoms with Gasteiger partial charge in [-0.15, -0.1) is 0 Å². The van der Waals surface area contributed by atoms with Crippen LogP contribution in [-0.4, -0.2) is 81.1 Å². The number of amides is 1. The number of Topliss-reactive ketones (excluding diaryl/α,β-unsaturated/α-hetero) is 4. The maximum atomic E-state index is 14.2. The smallest absolute Gasteiger partial charge is 0.235 e. The molecule has 212 valence electrons. The molecule has 0 aromatic heterocycles. The Hall–Kier alpha value is -2.95. The molecule has 1 aromatic rings. The standard InChI is InChI=1S/C29H38N2O8/c1-10(2)12-9-13(28(4,5)6)21(32)16-14(12)11(3)15-17(22(16)33)25(36)29(39)19(23(15)34)20(31(7)8)24(35)18(26(29)37)27(30)38/h9-11,15,17-20,23,32,34,39H,1-8H3,(H2,30,38)/t11-,15+,17?,18?,19+,20?,23-,29-/m0/s1. The van der Waals surface area contributed by atoms with E-state index < -0.39 is 81.8 Å². The Morgan fingerprint density at radius 3 is 2.13 bits per heavy atom. The Bertz CT molecular complexity index is 1310. The predicted octanol–water partition coefficient (Wildman–Crippen LogP) is 0.820. The first-order chi connectivity index (χ1) is 17.8. The van der Waals surface area contributed by atoms with Crippen molar-refractivity contribution in [1.82, 2.24) is 4.90 Å². The number of carbonyl (C=O) groups excluding carboxylic acids is 5. The van der Waals surface area contributed by atoms with Gasteiger partial charge in [-0.05, 0) is 42.5 Å². The summed E-state index contributed by atoms with van der Waals surface area (Å²) in [6.07, 6.45) is -1.65. The van der Waals surface area contributed by atoms with Crippen LogP contribution in [0.5, 0.6) is 5.75 Å². The van der Waals surface area contributed by atoms with Crippen LogP contribution in [0.2, 0.25) is 0 Å². The van der Waals surface area contributed by atoms with E-state index in [2.05, 4.69) is 0 Å². The van der Waals surface area contributed by atoms with E-state index in [1.165, 1.54) is 19.0 Å². The summed E-state index contributed by atoms with van der Waals surface area (Å²) >= 11 is 0. The lowest BCUT2D eigenvalue weighted by atomic mass is 9.49. The average molecular weight is 543 g/mol. The van der Waals surface area contributed by atoms with E-state index in [9.17, 15) is 39.3 Å². The molecular weight excluding hydrogens is 504 g/mol. The predicted molar refractivity (Wildman–Crippen MR) is 140 cm³/mol. The number of nitrogens with zero attached hydrogens (tertiary/aromatic N) is 1. The third kappa shape index (κ3) is 3.75. The second kappa shape index (κ2) is 9.04. The van der Waals surface area contributed by atoms with Gasteiger partial charge in [0.15, 0.2) is 34.7 Å². The molecule has 0 saturated heterocycles. The number of rotatable bonds is 3. The summed E-state index contributed by atoms with van der Waals surface area (Å²) in [6.45, 7) is 11.2. The largest absolute Gasteiger partial charge is 0.507 e. The maximum absolute atomic E-state index is 14.2. The first-order valence-electron chi connectivity index (χ1n) is 13.2. The number of aromatic hydroxyl groups is 1. The van der Waals surface area contributed by atoms with Crippen molar-refractivity contribution in [3.8, 4) is 5.75 Å². The second-order valence-corrected chi connectivity index (χ2v) is 12.9. The molecule has 4 rings (SSSR count). The molecule has 0 heterocycles. The van der Waals surface area contributed by atoms with Crippen LogP contribution in [0, 0.1) is 23.7 Å². The molecule has 3 unspecified atom stereocenters. The van der Waals surface area contributed by atoms with Crippen LogP contribution in [0.1, 0.15) is 80.4 Å². The summed E-state index contributed by atoms with van der Waals surface area (Å²) in [7, 11) is 2.93. The molecule has 2 fully saturated rings. The number of likely N-dealkylation sites (N-methyl/N-ethyl adjacent to an activating group) is 1. The van der Waals surface area contributed by atoms with Gasteiger partial charge in [-0.25, -0.2) is 0 Å². The number of benzene rings is 1. The number of nitrogens with two attached hydrogens (primary N) is 1.